The Hall–Kier alpha value is -1.04. The molecule has 0 fully saturated rings. The maximum Gasteiger partial charge on any atom is 0.404 e. The lowest BCUT2D eigenvalue weighted by Gasteiger charge is -1.89. The number of ether oxygens (including phenoxy) is 1. The molecule has 0 aromatic carbocycles. The van der Waals surface area contributed by atoms with Gasteiger partial charge < -0.3 is 20.7 Å². The molecule has 6 heteroatoms. The highest BCUT2D eigenvalue weighted by molar-refractivity contribution is 7.79. The summed E-state index contributed by atoms with van der Waals surface area (Å²) in [6.07, 6.45) is -0.711. The van der Waals surface area contributed by atoms with Gasteiger partial charge >= 0.3 is 11.3 Å². The first-order valence-electron chi connectivity index (χ1n) is 2.34. The van der Waals surface area contributed by atoms with Crippen molar-refractivity contribution in [2.24, 2.45) is 5.73 Å². The first-order valence-corrected chi connectivity index (χ1v) is 2.75. The van der Waals surface area contributed by atoms with Crippen LogP contribution in [0.4, 0.5) is 4.79 Å². The molecule has 0 aromatic rings. The molecule has 0 saturated carbocycles. The zero-order valence-electron chi connectivity index (χ0n) is 5.40. The lowest BCUT2D eigenvalue weighted by atomic mass is 10.9. The van der Waals surface area contributed by atoms with Gasteiger partial charge in [-0.25, -0.2) is 4.79 Å². The monoisotopic (exact) mass is 167 g/mol. The van der Waals surface area contributed by atoms with E-state index in [2.05, 4.69) is 22.7 Å². The highest BCUT2D eigenvalue weighted by Crippen LogP contribution is 1.66. The van der Waals surface area contributed by atoms with Crippen LogP contribution in [0.1, 0.15) is 6.92 Å². The van der Waals surface area contributed by atoms with E-state index in [9.17, 15) is 4.79 Å². The van der Waals surface area contributed by atoms with Gasteiger partial charge in [-0.15, -0.1) is 0 Å². The van der Waals surface area contributed by atoms with Crippen LogP contribution < -0.4 is 5.73 Å². The van der Waals surface area contributed by atoms with Gasteiger partial charge in [-0.05, 0) is 6.92 Å². The normalized spacial score (nSPS) is 6.90. The van der Waals surface area contributed by atoms with E-state index in [4.69, 9.17) is 10.2 Å². The average molecular weight is 167 g/mol. The van der Waals surface area contributed by atoms with Crippen LogP contribution in [0, 0.1) is 0 Å². The van der Waals surface area contributed by atoms with Crippen molar-refractivity contribution in [3.63, 3.8) is 0 Å². The molecular formula is C4H9NO4S. The van der Waals surface area contributed by atoms with Gasteiger partial charge in [0.15, 0.2) is 0 Å². The van der Waals surface area contributed by atoms with Crippen molar-refractivity contribution in [3.8, 4) is 0 Å². The summed E-state index contributed by atoms with van der Waals surface area (Å²) in [6, 6.07) is 0. The predicted octanol–water partition coefficient (Wildman–Crippen LogP) is 0.489. The van der Waals surface area contributed by atoms with Crippen molar-refractivity contribution in [1.82, 2.24) is 0 Å². The molecule has 0 saturated heterocycles. The number of rotatable bonds is 1. The van der Waals surface area contributed by atoms with E-state index in [-0.39, 0.29) is 0 Å². The Morgan fingerprint density at radius 1 is 1.70 bits per heavy atom. The molecule has 0 rings (SSSR count). The molecule has 0 aliphatic rings. The zero-order valence-corrected chi connectivity index (χ0v) is 6.22. The molecule has 60 valence electrons. The lowest BCUT2D eigenvalue weighted by Crippen LogP contribution is -2.11. The van der Waals surface area contributed by atoms with Gasteiger partial charge in [0.25, 0.3) is 0 Å². The van der Waals surface area contributed by atoms with Gasteiger partial charge in [0.05, 0.1) is 6.61 Å². The maximum atomic E-state index is 9.60. The van der Waals surface area contributed by atoms with Crippen molar-refractivity contribution >= 4 is 23.5 Å². The van der Waals surface area contributed by atoms with Crippen molar-refractivity contribution in [2.75, 3.05) is 6.61 Å². The van der Waals surface area contributed by atoms with Crippen molar-refractivity contribution in [1.29, 1.82) is 0 Å². The van der Waals surface area contributed by atoms with Gasteiger partial charge in [0.1, 0.15) is 0 Å². The van der Waals surface area contributed by atoms with Crippen LogP contribution in [0.15, 0.2) is 0 Å². The molecule has 0 heterocycles. The van der Waals surface area contributed by atoms with E-state index in [1.807, 2.05) is 0 Å². The van der Waals surface area contributed by atoms with Crippen molar-refractivity contribution < 1.29 is 19.7 Å². The summed E-state index contributed by atoms with van der Waals surface area (Å²) >= 11 is 3.65. The van der Waals surface area contributed by atoms with Crippen LogP contribution in [-0.4, -0.2) is 28.1 Å². The van der Waals surface area contributed by atoms with E-state index in [1.165, 1.54) is 0 Å². The fraction of sp³-hybridized carbons (Fsp3) is 0.500. The Balaban J connectivity index is 0. The summed E-state index contributed by atoms with van der Waals surface area (Å²) in [5.41, 5.74) is 4.54. The molecular weight excluding hydrogens is 158 g/mol. The van der Waals surface area contributed by atoms with E-state index in [0.29, 0.717) is 6.61 Å². The molecule has 0 aliphatic heterocycles. The summed E-state index contributed by atoms with van der Waals surface area (Å²) in [5, 5.41) is 13.7. The Labute approximate surface area is 63.4 Å². The van der Waals surface area contributed by atoms with Gasteiger partial charge in [-0.1, -0.05) is 0 Å². The summed E-state index contributed by atoms with van der Waals surface area (Å²) < 4.78 is 4.18. The molecule has 5 nitrogen and oxygen atoms in total. The van der Waals surface area contributed by atoms with Crippen LogP contribution in [0.2, 0.25) is 0 Å². The molecule has 0 aliphatic carbocycles. The Kier molecular flexibility index (Phi) is 9.33. The van der Waals surface area contributed by atoms with Crippen LogP contribution >= 0.6 is 12.2 Å². The molecule has 10 heavy (non-hydrogen) atoms. The molecule has 0 atom stereocenters. The standard InChI is InChI=1S/C3H7NO2.CH2O2S/c1-2-6-3(4)5;2-1(3)4/h2H2,1H3,(H2,4,5);(H2,2,3,4). The molecule has 0 bridgehead atoms. The highest BCUT2D eigenvalue weighted by atomic mass is 32.1. The van der Waals surface area contributed by atoms with E-state index in [0.717, 1.165) is 0 Å². The molecule has 0 spiro atoms. The SMILES string of the molecule is CCOC(N)=O.OC(O)=S. The third kappa shape index (κ3) is 64.4. The number of nitrogens with two attached hydrogens (primary N) is 1. The Morgan fingerprint density at radius 2 is 2.00 bits per heavy atom. The molecule has 1 amide bonds. The number of primary amides is 1. The summed E-state index contributed by atoms with van der Waals surface area (Å²) in [6.45, 7) is 2.06. The fourth-order valence-electron chi connectivity index (χ4n) is 0.142. The largest absolute Gasteiger partial charge is 0.473 e. The zero-order chi connectivity index (χ0) is 8.57. The minimum atomic E-state index is -1.000. The molecule has 4 N–H and O–H groups in total. The van der Waals surface area contributed by atoms with Crippen LogP contribution in [0.25, 0.3) is 0 Å². The fourth-order valence-corrected chi connectivity index (χ4v) is 0.142. The number of aliphatic hydroxyl groups is 2. The summed E-state index contributed by atoms with van der Waals surface area (Å²) in [5.74, 6) is 0. The Bertz CT molecular complexity index is 112. The quantitative estimate of drug-likeness (QED) is 0.494. The first-order chi connectivity index (χ1) is 4.50. The summed E-state index contributed by atoms with van der Waals surface area (Å²) in [7, 11) is 0. The number of hydrogen-bond donors (Lipinski definition) is 3. The van der Waals surface area contributed by atoms with Gasteiger partial charge in [-0.3, -0.25) is 0 Å². The minimum Gasteiger partial charge on any atom is -0.473 e. The van der Waals surface area contributed by atoms with Crippen LogP contribution in [0.3, 0.4) is 0 Å². The first kappa shape index (κ1) is 11.7. The summed E-state index contributed by atoms with van der Waals surface area (Å²) in [4.78, 5) is 9.60. The van der Waals surface area contributed by atoms with Crippen LogP contribution in [0.5, 0.6) is 0 Å². The number of hydrogen-bond acceptors (Lipinski definition) is 3. The number of carbonyl (C=O) groups is 1. The molecule has 0 aromatic heterocycles. The maximum absolute atomic E-state index is 9.60. The second-order valence-corrected chi connectivity index (χ2v) is 1.40. The predicted molar refractivity (Wildman–Crippen MR) is 39.1 cm³/mol. The number of aliphatic hydroxyl groups excluding tert-OH is 1. The minimum absolute atomic E-state index is 0.356. The Morgan fingerprint density at radius 3 is 2.00 bits per heavy atom. The topological polar surface area (TPSA) is 92.8 Å². The smallest absolute Gasteiger partial charge is 0.404 e. The van der Waals surface area contributed by atoms with Gasteiger partial charge in [0, 0.05) is 12.2 Å². The number of thiocarbonyl (C=S) groups is 1. The molecule has 0 unspecified atom stereocenters. The third-order valence-corrected chi connectivity index (χ3v) is 0.287. The highest BCUT2D eigenvalue weighted by Gasteiger charge is 1.82. The third-order valence-electron chi connectivity index (χ3n) is 0.287. The van der Waals surface area contributed by atoms with Gasteiger partial charge in [-0.2, -0.15) is 0 Å². The second kappa shape index (κ2) is 7.96. The van der Waals surface area contributed by atoms with Crippen LogP contribution in [-0.2, 0) is 4.74 Å². The van der Waals surface area contributed by atoms with Crippen molar-refractivity contribution in [3.05, 3.63) is 0 Å². The average Bonchev–Trinajstić information content (AvgIpc) is 1.62. The van der Waals surface area contributed by atoms with Gasteiger partial charge in [0.2, 0.25) is 0 Å². The van der Waals surface area contributed by atoms with E-state index in [1.54, 1.807) is 6.92 Å². The molecule has 0 radical (unpaired) electrons. The number of carbonyl (C=O) groups excluding carboxylic acids is 1. The second-order valence-electron chi connectivity index (χ2n) is 1.03. The number of amides is 1. The lowest BCUT2D eigenvalue weighted by molar-refractivity contribution is 0.163. The van der Waals surface area contributed by atoms with Crippen molar-refractivity contribution in [2.45, 2.75) is 6.92 Å². The van der Waals surface area contributed by atoms with E-state index < -0.39 is 11.3 Å². The van der Waals surface area contributed by atoms with E-state index >= 15 is 0 Å².